The van der Waals surface area contributed by atoms with Crippen molar-refractivity contribution in [3.8, 4) is 5.75 Å². The highest BCUT2D eigenvalue weighted by atomic mass is 32.2. The van der Waals surface area contributed by atoms with E-state index >= 15 is 0 Å². The number of ether oxygens (including phenoxy) is 1. The van der Waals surface area contributed by atoms with Crippen LogP contribution in [0.3, 0.4) is 0 Å². The van der Waals surface area contributed by atoms with Crippen molar-refractivity contribution in [3.05, 3.63) is 54.1 Å². The third kappa shape index (κ3) is 3.31. The van der Waals surface area contributed by atoms with Gasteiger partial charge in [0, 0.05) is 10.9 Å². The van der Waals surface area contributed by atoms with Crippen molar-refractivity contribution >= 4 is 11.8 Å². The molecule has 0 aliphatic rings. The van der Waals surface area contributed by atoms with Crippen LogP contribution in [0.2, 0.25) is 0 Å². The molecule has 3 heteroatoms. The second kappa shape index (κ2) is 6.64. The quantitative estimate of drug-likeness (QED) is 0.884. The lowest BCUT2D eigenvalue weighted by atomic mass is 10.1. The minimum Gasteiger partial charge on any atom is -0.496 e. The van der Waals surface area contributed by atoms with Gasteiger partial charge in [-0.1, -0.05) is 49.0 Å². The largest absolute Gasteiger partial charge is 0.496 e. The van der Waals surface area contributed by atoms with Gasteiger partial charge in [0.25, 0.3) is 0 Å². The Kier molecular flexibility index (Phi) is 4.88. The Hall–Kier alpha value is -1.45. The van der Waals surface area contributed by atoms with Gasteiger partial charge in [-0.25, -0.2) is 0 Å². The summed E-state index contributed by atoms with van der Waals surface area (Å²) in [6.07, 6.45) is 0.934. The van der Waals surface area contributed by atoms with Crippen LogP contribution in [0, 0.1) is 0 Å². The lowest BCUT2D eigenvalue weighted by molar-refractivity contribution is 0.405. The van der Waals surface area contributed by atoms with Crippen molar-refractivity contribution < 1.29 is 4.74 Å². The monoisotopic (exact) mass is 273 g/mol. The topological polar surface area (TPSA) is 35.2 Å². The molecule has 2 aromatic rings. The maximum atomic E-state index is 6.17. The molecule has 0 amide bonds. The number of benzene rings is 2. The molecule has 0 saturated heterocycles. The van der Waals surface area contributed by atoms with Gasteiger partial charge < -0.3 is 10.5 Å². The minimum absolute atomic E-state index is 0.0819. The first-order valence-electron chi connectivity index (χ1n) is 6.41. The Morgan fingerprint density at radius 2 is 1.68 bits per heavy atom. The molecular formula is C16H19NOS. The highest BCUT2D eigenvalue weighted by Crippen LogP contribution is 2.37. The third-order valence-electron chi connectivity index (χ3n) is 3.05. The Morgan fingerprint density at radius 3 is 2.37 bits per heavy atom. The molecule has 0 bridgehead atoms. The minimum atomic E-state index is 0.0819. The predicted molar refractivity (Wildman–Crippen MR) is 80.8 cm³/mol. The van der Waals surface area contributed by atoms with Gasteiger partial charge in [0.05, 0.1) is 12.0 Å². The molecule has 19 heavy (non-hydrogen) atoms. The Morgan fingerprint density at radius 1 is 1.05 bits per heavy atom. The van der Waals surface area contributed by atoms with Crippen LogP contribution in [-0.2, 0) is 0 Å². The van der Waals surface area contributed by atoms with E-state index in [4.69, 9.17) is 10.5 Å². The van der Waals surface area contributed by atoms with Gasteiger partial charge in [0.15, 0.2) is 0 Å². The molecule has 2 aromatic carbocycles. The van der Waals surface area contributed by atoms with Crippen LogP contribution in [-0.4, -0.2) is 7.11 Å². The maximum Gasteiger partial charge on any atom is 0.132 e. The number of methoxy groups -OCH3 is 1. The van der Waals surface area contributed by atoms with Crippen LogP contribution < -0.4 is 10.5 Å². The summed E-state index contributed by atoms with van der Waals surface area (Å²) in [5, 5.41) is 0. The first kappa shape index (κ1) is 14.0. The number of hydrogen-bond acceptors (Lipinski definition) is 3. The summed E-state index contributed by atoms with van der Waals surface area (Å²) < 4.78 is 5.39. The molecule has 1 atom stereocenters. The highest BCUT2D eigenvalue weighted by molar-refractivity contribution is 7.99. The van der Waals surface area contributed by atoms with E-state index in [0.717, 1.165) is 17.1 Å². The molecule has 2 rings (SSSR count). The molecule has 1 unspecified atom stereocenters. The fourth-order valence-electron chi connectivity index (χ4n) is 1.92. The lowest BCUT2D eigenvalue weighted by Crippen LogP contribution is -2.09. The van der Waals surface area contributed by atoms with Crippen molar-refractivity contribution in [2.45, 2.75) is 29.2 Å². The average Bonchev–Trinajstić information content (AvgIpc) is 2.47. The molecule has 100 valence electrons. The number of para-hydroxylation sites is 1. The molecule has 2 nitrogen and oxygen atoms in total. The maximum absolute atomic E-state index is 6.17. The fourth-order valence-corrected chi connectivity index (χ4v) is 3.04. The molecule has 0 radical (unpaired) electrons. The van der Waals surface area contributed by atoms with Crippen LogP contribution in [0.15, 0.2) is 58.3 Å². The molecule has 0 saturated carbocycles. The van der Waals surface area contributed by atoms with E-state index in [1.807, 2.05) is 30.3 Å². The molecule has 2 N–H and O–H groups in total. The molecule has 0 aliphatic carbocycles. The van der Waals surface area contributed by atoms with Gasteiger partial charge >= 0.3 is 0 Å². The summed E-state index contributed by atoms with van der Waals surface area (Å²) in [6, 6.07) is 16.4. The van der Waals surface area contributed by atoms with E-state index in [0.29, 0.717) is 0 Å². The van der Waals surface area contributed by atoms with E-state index in [1.54, 1.807) is 18.9 Å². The summed E-state index contributed by atoms with van der Waals surface area (Å²) in [4.78, 5) is 2.31. The molecule has 0 aromatic heterocycles. The lowest BCUT2D eigenvalue weighted by Gasteiger charge is -2.15. The van der Waals surface area contributed by atoms with Crippen LogP contribution in [0.5, 0.6) is 5.75 Å². The van der Waals surface area contributed by atoms with Crippen LogP contribution in [0.4, 0.5) is 0 Å². The zero-order valence-corrected chi connectivity index (χ0v) is 12.1. The molecular weight excluding hydrogens is 254 g/mol. The van der Waals surface area contributed by atoms with Gasteiger partial charge in [-0.15, -0.1) is 0 Å². The van der Waals surface area contributed by atoms with Gasteiger partial charge in [-0.05, 0) is 30.2 Å². The van der Waals surface area contributed by atoms with Gasteiger partial charge in [0.2, 0.25) is 0 Å². The second-order valence-electron chi connectivity index (χ2n) is 4.31. The van der Waals surface area contributed by atoms with Crippen molar-refractivity contribution in [1.82, 2.24) is 0 Å². The fraction of sp³-hybridized carbons (Fsp3) is 0.250. The van der Waals surface area contributed by atoms with Crippen molar-refractivity contribution in [2.24, 2.45) is 5.73 Å². The third-order valence-corrected chi connectivity index (χ3v) is 4.20. The zero-order valence-electron chi connectivity index (χ0n) is 11.3. The first-order chi connectivity index (χ1) is 9.26. The molecule has 0 aliphatic heterocycles. The van der Waals surface area contributed by atoms with Gasteiger partial charge in [-0.2, -0.15) is 0 Å². The van der Waals surface area contributed by atoms with Crippen LogP contribution in [0.1, 0.15) is 24.9 Å². The Labute approximate surface area is 119 Å². The van der Waals surface area contributed by atoms with Crippen molar-refractivity contribution in [3.63, 3.8) is 0 Å². The van der Waals surface area contributed by atoms with Crippen LogP contribution >= 0.6 is 11.8 Å². The van der Waals surface area contributed by atoms with Gasteiger partial charge in [-0.3, -0.25) is 0 Å². The van der Waals surface area contributed by atoms with E-state index in [-0.39, 0.29) is 6.04 Å². The van der Waals surface area contributed by atoms with E-state index < -0.39 is 0 Å². The second-order valence-corrected chi connectivity index (χ2v) is 5.39. The normalized spacial score (nSPS) is 12.2. The first-order valence-corrected chi connectivity index (χ1v) is 7.23. The predicted octanol–water partition coefficient (Wildman–Crippen LogP) is 4.26. The van der Waals surface area contributed by atoms with Crippen molar-refractivity contribution in [2.75, 3.05) is 7.11 Å². The summed E-state index contributed by atoms with van der Waals surface area (Å²) in [7, 11) is 1.70. The zero-order chi connectivity index (χ0) is 13.7. The summed E-state index contributed by atoms with van der Waals surface area (Å²) in [5.74, 6) is 0.896. The van der Waals surface area contributed by atoms with E-state index in [9.17, 15) is 0 Å². The number of hydrogen-bond donors (Lipinski definition) is 1. The van der Waals surface area contributed by atoms with E-state index in [1.165, 1.54) is 10.5 Å². The summed E-state index contributed by atoms with van der Waals surface area (Å²) in [5.41, 5.74) is 7.37. The molecule has 0 fully saturated rings. The molecule has 0 spiro atoms. The smallest absolute Gasteiger partial charge is 0.132 e. The number of nitrogens with two attached hydrogens (primary N) is 1. The van der Waals surface area contributed by atoms with E-state index in [2.05, 4.69) is 25.1 Å². The Balaban J connectivity index is 2.33. The summed E-state index contributed by atoms with van der Waals surface area (Å²) in [6.45, 7) is 2.11. The molecule has 0 heterocycles. The standard InChI is InChI=1S/C16H19NOS/c1-3-13(17)12-8-4-6-10-15(12)19-16-11-7-5-9-14(16)18-2/h4-11,13H,3,17H2,1-2H3. The highest BCUT2D eigenvalue weighted by Gasteiger charge is 2.11. The van der Waals surface area contributed by atoms with Crippen LogP contribution in [0.25, 0.3) is 0 Å². The Bertz CT molecular complexity index is 542. The van der Waals surface area contributed by atoms with Gasteiger partial charge in [0.1, 0.15) is 5.75 Å². The number of rotatable bonds is 5. The average molecular weight is 273 g/mol. The SMILES string of the molecule is CCC(N)c1ccccc1Sc1ccccc1OC. The summed E-state index contributed by atoms with van der Waals surface area (Å²) >= 11 is 1.70. The van der Waals surface area contributed by atoms with Crippen molar-refractivity contribution in [1.29, 1.82) is 0 Å².